The predicted octanol–water partition coefficient (Wildman–Crippen LogP) is 15.7. The van der Waals surface area contributed by atoms with Crippen molar-refractivity contribution >= 4 is 95.8 Å². The third-order valence-corrected chi connectivity index (χ3v) is 16.3. The summed E-state index contributed by atoms with van der Waals surface area (Å²) in [5, 5.41) is 5.55. The minimum absolute atomic E-state index is 0.00764. The first-order valence-electron chi connectivity index (χ1n) is 25.9. The smallest absolute Gasteiger partial charge is 0.252 e. The van der Waals surface area contributed by atoms with Crippen LogP contribution in [0.15, 0.2) is 158 Å². The highest BCUT2D eigenvalue weighted by Crippen LogP contribution is 2.52. The summed E-state index contributed by atoms with van der Waals surface area (Å²) >= 11 is 0. The Hall–Kier alpha value is -7.04. The molecule has 0 radical (unpaired) electrons. The van der Waals surface area contributed by atoms with E-state index >= 15 is 0 Å². The quantitative estimate of drug-likeness (QED) is 0.159. The molecule has 9 aromatic rings. The zero-order valence-corrected chi connectivity index (χ0v) is 42.2. The van der Waals surface area contributed by atoms with Gasteiger partial charge in [-0.1, -0.05) is 150 Å². The summed E-state index contributed by atoms with van der Waals surface area (Å²) in [4.78, 5) is 7.87. The van der Waals surface area contributed by atoms with Gasteiger partial charge in [-0.3, -0.25) is 0 Å². The summed E-state index contributed by atoms with van der Waals surface area (Å²) in [6.45, 7) is 18.5. The lowest BCUT2D eigenvalue weighted by Crippen LogP contribution is -2.61. The molecule has 344 valence electrons. The van der Waals surface area contributed by atoms with E-state index in [1.165, 1.54) is 129 Å². The topological polar surface area (TPSA) is 9.72 Å². The van der Waals surface area contributed by atoms with Gasteiger partial charge in [-0.2, -0.15) is 0 Å². The molecule has 0 spiro atoms. The highest BCUT2D eigenvalue weighted by Gasteiger charge is 2.45. The highest BCUT2D eigenvalue weighted by atomic mass is 15.2. The molecule has 0 aromatic heterocycles. The Morgan fingerprint density at radius 2 is 0.814 bits per heavy atom. The average Bonchev–Trinajstić information content (AvgIpc) is 3.35. The second-order valence-electron chi connectivity index (χ2n) is 22.9. The first-order chi connectivity index (χ1) is 33.8. The zero-order valence-electron chi connectivity index (χ0n) is 42.2. The highest BCUT2D eigenvalue weighted by molar-refractivity contribution is 7.00. The lowest BCUT2D eigenvalue weighted by Gasteiger charge is -2.46. The zero-order chi connectivity index (χ0) is 47.8. The number of anilines is 9. The van der Waals surface area contributed by atoms with Gasteiger partial charge in [-0.15, -0.1) is 0 Å². The van der Waals surface area contributed by atoms with Gasteiger partial charge in [0, 0.05) is 44.9 Å². The SMILES string of the molecule is Cc1ccc(N(c2ccc(C)cc2)c2cc3c4c(c2)N(c2ccc5c6c(cccc26)CCC5)c2cc(C(C)(C)C)ccc2B4c2ccc(C(C)(C)C)cc2N3c2ccc3c4c(cccc24)CCC3)cc1. The molecule has 0 saturated heterocycles. The minimum atomic E-state index is -0.0564. The number of hydrogen-bond donors (Lipinski definition) is 0. The summed E-state index contributed by atoms with van der Waals surface area (Å²) in [6, 6.07) is 62.2. The first kappa shape index (κ1) is 43.0. The molecule has 9 aromatic carbocycles. The second kappa shape index (κ2) is 15.7. The molecule has 0 bridgehead atoms. The van der Waals surface area contributed by atoms with Crippen LogP contribution in [0.2, 0.25) is 0 Å². The molecule has 0 N–H and O–H groups in total. The van der Waals surface area contributed by atoms with Crippen molar-refractivity contribution in [3.63, 3.8) is 0 Å². The summed E-state index contributed by atoms with van der Waals surface area (Å²) < 4.78 is 0. The Balaban J connectivity index is 1.20. The van der Waals surface area contributed by atoms with Gasteiger partial charge in [-0.05, 0) is 184 Å². The van der Waals surface area contributed by atoms with Crippen LogP contribution in [0.5, 0.6) is 0 Å². The van der Waals surface area contributed by atoms with E-state index in [1.807, 2.05) is 0 Å². The molecule has 2 heterocycles. The molecule has 2 aliphatic carbocycles. The maximum absolute atomic E-state index is 2.69. The Morgan fingerprint density at radius 3 is 1.23 bits per heavy atom. The van der Waals surface area contributed by atoms with E-state index in [0.717, 1.165) is 42.7 Å². The number of nitrogens with zero attached hydrogens (tertiary/aromatic N) is 3. The third-order valence-electron chi connectivity index (χ3n) is 16.3. The predicted molar refractivity (Wildman–Crippen MR) is 301 cm³/mol. The van der Waals surface area contributed by atoms with E-state index in [0.29, 0.717) is 0 Å². The van der Waals surface area contributed by atoms with Crippen LogP contribution in [0.1, 0.15) is 98.9 Å². The Morgan fingerprint density at radius 1 is 0.400 bits per heavy atom. The summed E-state index contributed by atoms with van der Waals surface area (Å²) in [7, 11) is 0. The molecule has 0 amide bonds. The van der Waals surface area contributed by atoms with Gasteiger partial charge in [0.2, 0.25) is 0 Å². The maximum atomic E-state index is 2.69. The van der Waals surface area contributed by atoms with Crippen LogP contribution in [-0.4, -0.2) is 6.71 Å². The second-order valence-corrected chi connectivity index (χ2v) is 22.9. The molecular formula is C66H62BN3. The summed E-state index contributed by atoms with van der Waals surface area (Å²) in [5.74, 6) is 0. The van der Waals surface area contributed by atoms with Gasteiger partial charge in [0.1, 0.15) is 0 Å². The van der Waals surface area contributed by atoms with Crippen molar-refractivity contribution in [2.24, 2.45) is 0 Å². The van der Waals surface area contributed by atoms with Crippen molar-refractivity contribution in [3.05, 3.63) is 202 Å². The third kappa shape index (κ3) is 6.69. The molecule has 0 saturated carbocycles. The largest absolute Gasteiger partial charge is 0.311 e. The molecule has 13 rings (SSSR count). The molecule has 3 nitrogen and oxygen atoms in total. The van der Waals surface area contributed by atoms with Gasteiger partial charge < -0.3 is 14.7 Å². The first-order valence-corrected chi connectivity index (χ1v) is 25.9. The molecule has 70 heavy (non-hydrogen) atoms. The molecule has 2 aliphatic heterocycles. The van der Waals surface area contributed by atoms with Crippen molar-refractivity contribution in [3.8, 4) is 0 Å². The van der Waals surface area contributed by atoms with Crippen LogP contribution in [0.4, 0.5) is 51.2 Å². The van der Waals surface area contributed by atoms with E-state index in [-0.39, 0.29) is 17.5 Å². The number of benzene rings is 9. The standard InChI is InChI=1S/C66H62BN3/c1-41-21-29-49(30-22-41)68(50-31-23-42(2)24-32-50)51-39-60-64-61(40-51)70(57-36-26-46-16-10-14-44-18-12-20-53(57)63(44)46)59-38-48(66(6,7)8)28-34-55(59)67(64)54-33-27-47(65(3,4)5)37-58(54)69(60)56-35-25-45-15-9-13-43-17-11-19-52(56)62(43)45/h11-12,17-40H,9-10,13-16H2,1-8H3. The van der Waals surface area contributed by atoms with Gasteiger partial charge in [0.25, 0.3) is 6.71 Å². The lowest BCUT2D eigenvalue weighted by molar-refractivity contribution is 0.590. The molecule has 0 atom stereocenters. The van der Waals surface area contributed by atoms with Crippen molar-refractivity contribution in [2.45, 2.75) is 105 Å². The number of fused-ring (bicyclic) bond motifs is 4. The average molecular weight is 908 g/mol. The molecule has 4 aliphatic rings. The number of hydrogen-bond acceptors (Lipinski definition) is 3. The van der Waals surface area contributed by atoms with Crippen molar-refractivity contribution in [2.75, 3.05) is 14.7 Å². The number of aryl methyl sites for hydroxylation is 6. The minimum Gasteiger partial charge on any atom is -0.311 e. The van der Waals surface area contributed by atoms with Crippen LogP contribution in [0, 0.1) is 13.8 Å². The number of rotatable bonds is 5. The van der Waals surface area contributed by atoms with E-state index in [1.54, 1.807) is 0 Å². The van der Waals surface area contributed by atoms with Gasteiger partial charge in [-0.25, -0.2) is 0 Å². The monoisotopic (exact) mass is 908 g/mol. The van der Waals surface area contributed by atoms with Gasteiger partial charge in [0.05, 0.1) is 17.1 Å². The Labute approximate surface area is 415 Å². The lowest BCUT2D eigenvalue weighted by atomic mass is 9.33. The fourth-order valence-corrected chi connectivity index (χ4v) is 12.6. The van der Waals surface area contributed by atoms with E-state index < -0.39 is 0 Å². The summed E-state index contributed by atoms with van der Waals surface area (Å²) in [5.41, 5.74) is 25.9. The fraction of sp³-hybridized carbons (Fsp3) is 0.242. The molecule has 4 heteroatoms. The van der Waals surface area contributed by atoms with Crippen LogP contribution >= 0.6 is 0 Å². The summed E-state index contributed by atoms with van der Waals surface area (Å²) in [6.07, 6.45) is 6.85. The van der Waals surface area contributed by atoms with Crippen molar-refractivity contribution < 1.29 is 0 Å². The molecule has 0 fully saturated rings. The van der Waals surface area contributed by atoms with Crippen molar-refractivity contribution in [1.29, 1.82) is 0 Å². The molecular weight excluding hydrogens is 846 g/mol. The fourth-order valence-electron chi connectivity index (χ4n) is 12.6. The van der Waals surface area contributed by atoms with Crippen LogP contribution < -0.4 is 31.1 Å². The Kier molecular flexibility index (Phi) is 9.67. The van der Waals surface area contributed by atoms with Crippen LogP contribution in [-0.2, 0) is 36.5 Å². The normalized spacial score (nSPS) is 14.7. The maximum Gasteiger partial charge on any atom is 0.252 e. The van der Waals surface area contributed by atoms with Crippen LogP contribution in [0.25, 0.3) is 21.5 Å². The van der Waals surface area contributed by atoms with E-state index in [9.17, 15) is 0 Å². The van der Waals surface area contributed by atoms with Gasteiger partial charge >= 0.3 is 0 Å². The van der Waals surface area contributed by atoms with Crippen LogP contribution in [0.3, 0.4) is 0 Å². The Bertz CT molecular complexity index is 3350. The molecule has 0 unspecified atom stereocenters. The van der Waals surface area contributed by atoms with Crippen molar-refractivity contribution in [1.82, 2.24) is 0 Å². The van der Waals surface area contributed by atoms with Gasteiger partial charge in [0.15, 0.2) is 0 Å². The van der Waals surface area contributed by atoms with E-state index in [2.05, 4.69) is 228 Å². The van der Waals surface area contributed by atoms with E-state index in [4.69, 9.17) is 0 Å².